The van der Waals surface area contributed by atoms with Crippen molar-refractivity contribution in [3.63, 3.8) is 0 Å². The summed E-state index contributed by atoms with van der Waals surface area (Å²) in [7, 11) is 3.90. The summed E-state index contributed by atoms with van der Waals surface area (Å²) in [6.45, 7) is -0.612. The second-order valence-corrected chi connectivity index (χ2v) is 4.70. The minimum Gasteiger partial charge on any atom is -0.480 e. The first-order valence-electron chi connectivity index (χ1n) is 6.33. The molecule has 110 valence electrons. The average Bonchev–Trinajstić information content (AvgIpc) is 2.42. The lowest BCUT2D eigenvalue weighted by Crippen LogP contribution is -2.43. The van der Waals surface area contributed by atoms with Gasteiger partial charge in [-0.3, -0.25) is 4.79 Å². The van der Waals surface area contributed by atoms with Gasteiger partial charge in [-0.15, -0.1) is 0 Å². The smallest absolute Gasteiger partial charge is 0.328 e. The molecule has 0 heterocycles. The second kappa shape index (κ2) is 7.49. The Labute approximate surface area is 118 Å². The molecule has 1 aromatic rings. The van der Waals surface area contributed by atoms with Gasteiger partial charge in [0.2, 0.25) is 5.91 Å². The maximum Gasteiger partial charge on any atom is 0.328 e. The predicted molar refractivity (Wildman–Crippen MR) is 75.7 cm³/mol. The number of aliphatic hydroxyl groups is 1. The van der Waals surface area contributed by atoms with E-state index in [2.05, 4.69) is 5.32 Å². The molecule has 0 spiro atoms. The summed E-state index contributed by atoms with van der Waals surface area (Å²) < 4.78 is 0. The van der Waals surface area contributed by atoms with E-state index in [0.29, 0.717) is 6.42 Å². The quantitative estimate of drug-likeness (QED) is 0.666. The van der Waals surface area contributed by atoms with Crippen molar-refractivity contribution in [1.82, 2.24) is 5.32 Å². The van der Waals surface area contributed by atoms with Gasteiger partial charge in [0.1, 0.15) is 6.04 Å². The van der Waals surface area contributed by atoms with Crippen LogP contribution in [0.2, 0.25) is 0 Å². The van der Waals surface area contributed by atoms with E-state index < -0.39 is 18.6 Å². The Balaban J connectivity index is 2.46. The highest BCUT2D eigenvalue weighted by Crippen LogP contribution is 2.13. The number of rotatable bonds is 7. The number of hydrogen-bond acceptors (Lipinski definition) is 4. The second-order valence-electron chi connectivity index (χ2n) is 4.70. The minimum atomic E-state index is -1.24. The summed E-state index contributed by atoms with van der Waals surface area (Å²) in [4.78, 5) is 24.2. The standard InChI is InChI=1S/C14H20N2O4/c1-16(2)11-6-3-10(4-7-11)5-8-13(18)15-12(9-17)14(19)20/h3-4,6-7,12,17H,5,8-9H2,1-2H3,(H,15,18)(H,19,20)/t12-/m1/s1. The average molecular weight is 280 g/mol. The number of carbonyl (C=O) groups is 2. The van der Waals surface area contributed by atoms with Crippen molar-refractivity contribution in [3.8, 4) is 0 Å². The highest BCUT2D eigenvalue weighted by molar-refractivity contribution is 5.83. The molecule has 0 bridgehead atoms. The summed E-state index contributed by atoms with van der Waals surface area (Å²) in [5.74, 6) is -1.63. The zero-order chi connectivity index (χ0) is 15.1. The molecular formula is C14H20N2O4. The van der Waals surface area contributed by atoms with Gasteiger partial charge in [-0.05, 0) is 24.1 Å². The predicted octanol–water partition coefficient (Wildman–Crippen LogP) is 0.247. The van der Waals surface area contributed by atoms with Crippen LogP contribution in [-0.2, 0) is 16.0 Å². The van der Waals surface area contributed by atoms with Crippen LogP contribution in [-0.4, -0.2) is 48.8 Å². The highest BCUT2D eigenvalue weighted by atomic mass is 16.4. The summed E-state index contributed by atoms with van der Waals surface area (Å²) in [6, 6.07) is 6.55. The summed E-state index contributed by atoms with van der Waals surface area (Å²) in [6.07, 6.45) is 0.711. The first kappa shape index (κ1) is 16.0. The van der Waals surface area contributed by atoms with Gasteiger partial charge in [0.15, 0.2) is 0 Å². The third kappa shape index (κ3) is 4.89. The van der Waals surface area contributed by atoms with Gasteiger partial charge in [-0.25, -0.2) is 4.79 Å². The maximum absolute atomic E-state index is 11.6. The Morgan fingerprint density at radius 3 is 2.30 bits per heavy atom. The molecule has 3 N–H and O–H groups in total. The monoisotopic (exact) mass is 280 g/mol. The number of carboxylic acid groups (broad SMARTS) is 1. The Morgan fingerprint density at radius 1 is 1.25 bits per heavy atom. The highest BCUT2D eigenvalue weighted by Gasteiger charge is 2.18. The van der Waals surface area contributed by atoms with Gasteiger partial charge >= 0.3 is 5.97 Å². The van der Waals surface area contributed by atoms with Crippen molar-refractivity contribution in [2.75, 3.05) is 25.6 Å². The molecule has 6 nitrogen and oxygen atoms in total. The van der Waals surface area contributed by atoms with Crippen LogP contribution in [0.1, 0.15) is 12.0 Å². The Kier molecular flexibility index (Phi) is 5.99. The summed E-state index contributed by atoms with van der Waals surface area (Å²) in [5.41, 5.74) is 2.08. The van der Waals surface area contributed by atoms with Crippen LogP contribution < -0.4 is 10.2 Å². The van der Waals surface area contributed by atoms with Crippen molar-refractivity contribution in [2.45, 2.75) is 18.9 Å². The lowest BCUT2D eigenvalue weighted by atomic mass is 10.1. The lowest BCUT2D eigenvalue weighted by molar-refractivity contribution is -0.142. The minimum absolute atomic E-state index is 0.186. The van der Waals surface area contributed by atoms with Crippen LogP contribution >= 0.6 is 0 Å². The van der Waals surface area contributed by atoms with E-state index >= 15 is 0 Å². The summed E-state index contributed by atoms with van der Waals surface area (Å²) >= 11 is 0. The fourth-order valence-corrected chi connectivity index (χ4v) is 1.67. The number of carbonyl (C=O) groups excluding carboxylic acids is 1. The van der Waals surface area contributed by atoms with E-state index in [0.717, 1.165) is 11.3 Å². The first-order chi connectivity index (χ1) is 9.43. The molecule has 0 aromatic heterocycles. The van der Waals surface area contributed by atoms with E-state index in [1.54, 1.807) is 0 Å². The molecule has 0 aliphatic rings. The van der Waals surface area contributed by atoms with Crippen molar-refractivity contribution in [1.29, 1.82) is 0 Å². The molecule has 20 heavy (non-hydrogen) atoms. The number of benzene rings is 1. The van der Waals surface area contributed by atoms with Gasteiger partial charge in [0.25, 0.3) is 0 Å². The van der Waals surface area contributed by atoms with Gasteiger partial charge in [-0.2, -0.15) is 0 Å². The third-order valence-corrected chi connectivity index (χ3v) is 2.91. The van der Waals surface area contributed by atoms with Crippen molar-refractivity contribution in [3.05, 3.63) is 29.8 Å². The van der Waals surface area contributed by atoms with Crippen LogP contribution in [0.15, 0.2) is 24.3 Å². The van der Waals surface area contributed by atoms with Crippen LogP contribution in [0.5, 0.6) is 0 Å². The number of anilines is 1. The molecule has 1 amide bonds. The Morgan fingerprint density at radius 2 is 1.85 bits per heavy atom. The van der Waals surface area contributed by atoms with E-state index in [-0.39, 0.29) is 12.3 Å². The fourth-order valence-electron chi connectivity index (χ4n) is 1.67. The van der Waals surface area contributed by atoms with Crippen LogP contribution in [0.4, 0.5) is 5.69 Å². The molecule has 1 atom stereocenters. The van der Waals surface area contributed by atoms with E-state index in [4.69, 9.17) is 10.2 Å². The lowest BCUT2D eigenvalue weighted by Gasteiger charge is -2.13. The SMILES string of the molecule is CN(C)c1ccc(CCC(=O)N[C@H](CO)C(=O)O)cc1. The maximum atomic E-state index is 11.6. The van der Waals surface area contributed by atoms with Crippen LogP contribution in [0.3, 0.4) is 0 Å². The zero-order valence-corrected chi connectivity index (χ0v) is 11.7. The number of aryl methyl sites for hydroxylation is 1. The third-order valence-electron chi connectivity index (χ3n) is 2.91. The molecule has 1 aromatic carbocycles. The topological polar surface area (TPSA) is 89.9 Å². The molecular weight excluding hydrogens is 260 g/mol. The largest absolute Gasteiger partial charge is 0.480 e. The molecule has 6 heteroatoms. The van der Waals surface area contributed by atoms with Gasteiger partial charge in [-0.1, -0.05) is 12.1 Å². The number of hydrogen-bond donors (Lipinski definition) is 3. The van der Waals surface area contributed by atoms with Gasteiger partial charge in [0, 0.05) is 26.2 Å². The number of aliphatic carboxylic acids is 1. The summed E-state index contributed by atoms with van der Waals surface area (Å²) in [5, 5.41) is 19.8. The van der Waals surface area contributed by atoms with E-state index in [1.807, 2.05) is 43.3 Å². The Hall–Kier alpha value is -2.08. The first-order valence-corrected chi connectivity index (χ1v) is 6.33. The number of carboxylic acids is 1. The molecule has 0 saturated carbocycles. The molecule has 0 fully saturated rings. The Bertz CT molecular complexity index is 457. The molecule has 0 aliphatic carbocycles. The number of amides is 1. The zero-order valence-electron chi connectivity index (χ0n) is 11.7. The van der Waals surface area contributed by atoms with Gasteiger partial charge < -0.3 is 20.4 Å². The van der Waals surface area contributed by atoms with Gasteiger partial charge in [0.05, 0.1) is 6.61 Å². The van der Waals surface area contributed by atoms with Crippen molar-refractivity contribution < 1.29 is 19.8 Å². The normalized spacial score (nSPS) is 11.8. The molecule has 0 radical (unpaired) electrons. The molecule has 1 rings (SSSR count). The van der Waals surface area contributed by atoms with Crippen molar-refractivity contribution >= 4 is 17.6 Å². The number of nitrogens with one attached hydrogen (secondary N) is 1. The van der Waals surface area contributed by atoms with E-state index in [9.17, 15) is 9.59 Å². The number of nitrogens with zero attached hydrogens (tertiary/aromatic N) is 1. The molecule has 0 unspecified atom stereocenters. The number of aliphatic hydroxyl groups excluding tert-OH is 1. The molecule has 0 aliphatic heterocycles. The van der Waals surface area contributed by atoms with Crippen LogP contribution in [0, 0.1) is 0 Å². The van der Waals surface area contributed by atoms with Crippen LogP contribution in [0.25, 0.3) is 0 Å². The van der Waals surface area contributed by atoms with E-state index in [1.165, 1.54) is 0 Å². The molecule has 0 saturated heterocycles. The fraction of sp³-hybridized carbons (Fsp3) is 0.429. The van der Waals surface area contributed by atoms with Crippen molar-refractivity contribution in [2.24, 2.45) is 0 Å².